The smallest absolute Gasteiger partial charge is 0.325 e. The molecular weight excluding hydrogens is 1010 g/mol. The SMILES string of the molecule is CC(=O)N[C@H]1[C@H](OCCOCCOCCOCC(=O)NC(COP(C)(=O)O)COP(O)(=S)OCC(CO)NC(=O)COCCOCCOCCO[C@@H]2O[C@H](CO)[C@H](O)[C@H](O)[C@H]2C)O[C@H](CO)[C@H](O)[C@@H]1O. The molecule has 2 rings (SSSR count). The molecule has 29 nitrogen and oxygen atoms in total. The van der Waals surface area contributed by atoms with E-state index in [1.165, 1.54) is 6.92 Å². The molecule has 2 heterocycles. The molecule has 2 aliphatic rings. The number of carbonyl (C=O) groups excluding carboxylic acids is 3. The summed E-state index contributed by atoms with van der Waals surface area (Å²) in [6, 6.07) is -3.25. The van der Waals surface area contributed by atoms with Crippen LogP contribution in [0.4, 0.5) is 0 Å². The summed E-state index contributed by atoms with van der Waals surface area (Å²) in [5.41, 5.74) is 0. The van der Waals surface area contributed by atoms with Crippen LogP contribution in [0.3, 0.4) is 0 Å². The molecule has 2 saturated heterocycles. The molecule has 0 aliphatic carbocycles. The normalized spacial score (nSPS) is 27.5. The quantitative estimate of drug-likeness (QED) is 0.0201. The van der Waals surface area contributed by atoms with Crippen LogP contribution in [-0.4, -0.2) is 269 Å². The summed E-state index contributed by atoms with van der Waals surface area (Å²) in [5.74, 6) is -2.34. The molecule has 0 spiro atoms. The van der Waals surface area contributed by atoms with Gasteiger partial charge in [-0.15, -0.1) is 0 Å². The van der Waals surface area contributed by atoms with E-state index in [1.54, 1.807) is 6.92 Å². The zero-order valence-corrected chi connectivity index (χ0v) is 41.9. The van der Waals surface area contributed by atoms with Crippen molar-refractivity contribution in [3.05, 3.63) is 0 Å². The van der Waals surface area contributed by atoms with E-state index in [4.69, 9.17) is 72.7 Å². The molecule has 3 amide bonds. The molecule has 0 aromatic carbocycles. The molecule has 2 fully saturated rings. The topological polar surface area (TPSA) is 406 Å². The highest BCUT2D eigenvalue weighted by Crippen LogP contribution is 2.44. The van der Waals surface area contributed by atoms with Gasteiger partial charge >= 0.3 is 14.3 Å². The van der Waals surface area contributed by atoms with Gasteiger partial charge in [-0.25, -0.2) is 0 Å². The lowest BCUT2D eigenvalue weighted by molar-refractivity contribution is -0.284. The second-order valence-corrected chi connectivity index (χ2v) is 20.4. The predicted molar refractivity (Wildman–Crippen MR) is 240 cm³/mol. The zero-order chi connectivity index (χ0) is 52.1. The standard InChI is InChI=1S/C38H73N3O26P2S/c1-24-33(48)34(49)28(17-43)66-37(24)61-14-12-57-6-4-55-8-10-59-22-30(46)40-26(16-42)19-64-69(54,70)65-21-27(20-63-68(3,52)53)41-31(47)23-60-11-9-56-5-7-58-13-15-62-38-32(39-25(2)45)36(51)35(50)29(18-44)67-38/h24,26-29,32-38,42-44,48-51H,4-23H2,1-3H3,(H,39,45)(H,40,46)(H,41,47)(H,52,53)(H,54,70)/t24-,26?,27?,28-,29-,32-,33-,34+,35+,36-,37-,38-,69?/m1/s1. The number of hydrogen-bond acceptors (Lipinski definition) is 25. The Morgan fingerprint density at radius 2 is 1.00 bits per heavy atom. The average Bonchev–Trinajstić information content (AvgIpc) is 3.31. The number of amides is 3. The Hall–Kier alpha value is -1.59. The molecule has 0 aromatic rings. The summed E-state index contributed by atoms with van der Waals surface area (Å²) < 4.78 is 81.5. The van der Waals surface area contributed by atoms with Crippen LogP contribution < -0.4 is 16.0 Å². The zero-order valence-electron chi connectivity index (χ0n) is 39.3. The van der Waals surface area contributed by atoms with Crippen molar-refractivity contribution in [2.45, 2.75) is 81.2 Å². The highest BCUT2D eigenvalue weighted by molar-refractivity contribution is 8.07. The van der Waals surface area contributed by atoms with Crippen molar-refractivity contribution >= 4 is 43.8 Å². The van der Waals surface area contributed by atoms with Crippen molar-refractivity contribution in [3.8, 4) is 0 Å². The highest BCUT2D eigenvalue weighted by atomic mass is 32.5. The van der Waals surface area contributed by atoms with Gasteiger partial charge in [-0.3, -0.25) is 18.9 Å². The Labute approximate surface area is 410 Å². The largest absolute Gasteiger partial charge is 0.394 e. The van der Waals surface area contributed by atoms with Crippen LogP contribution in [-0.2, 0) is 91.7 Å². The second-order valence-electron chi connectivity index (χ2n) is 15.7. The van der Waals surface area contributed by atoms with Crippen molar-refractivity contribution in [1.82, 2.24) is 16.0 Å². The van der Waals surface area contributed by atoms with Gasteiger partial charge in [0.15, 0.2) is 12.6 Å². The van der Waals surface area contributed by atoms with Crippen LogP contribution in [0.1, 0.15) is 13.8 Å². The van der Waals surface area contributed by atoms with E-state index in [0.717, 1.165) is 6.66 Å². The first kappa shape index (κ1) is 64.5. The fourth-order valence-electron chi connectivity index (χ4n) is 6.12. The van der Waals surface area contributed by atoms with E-state index in [1.807, 2.05) is 0 Å². The average molecular weight is 1080 g/mol. The first-order valence-corrected chi connectivity index (χ1v) is 26.8. The maximum absolute atomic E-state index is 12.6. The number of hydrogen-bond donors (Lipinski definition) is 12. The van der Waals surface area contributed by atoms with Gasteiger partial charge in [-0.2, -0.15) is 0 Å². The fraction of sp³-hybridized carbons (Fsp3) is 0.921. The van der Waals surface area contributed by atoms with Crippen LogP contribution in [0.15, 0.2) is 0 Å². The van der Waals surface area contributed by atoms with E-state index in [0.29, 0.717) is 0 Å². The molecular formula is C38H73N3O26P2S. The van der Waals surface area contributed by atoms with Gasteiger partial charge in [0, 0.05) is 19.5 Å². The van der Waals surface area contributed by atoms with E-state index in [2.05, 4.69) is 16.0 Å². The first-order valence-electron chi connectivity index (χ1n) is 22.2. The number of carbonyl (C=O) groups is 3. The molecule has 0 saturated carbocycles. The van der Waals surface area contributed by atoms with Gasteiger partial charge in [0.05, 0.1) is 137 Å². The minimum atomic E-state index is -4.07. The number of rotatable bonds is 39. The van der Waals surface area contributed by atoms with E-state index in [-0.39, 0.29) is 79.3 Å². The number of aliphatic hydroxyl groups excluding tert-OH is 7. The van der Waals surface area contributed by atoms with Crippen molar-refractivity contribution in [3.63, 3.8) is 0 Å². The monoisotopic (exact) mass is 1080 g/mol. The Bertz CT molecular complexity index is 1560. The molecule has 32 heteroatoms. The van der Waals surface area contributed by atoms with Gasteiger partial charge in [0.1, 0.15) is 49.8 Å². The number of nitrogens with one attached hydrogen (secondary N) is 3. The van der Waals surface area contributed by atoms with Crippen molar-refractivity contribution in [2.24, 2.45) is 5.92 Å². The third-order valence-electron chi connectivity index (χ3n) is 9.76. The summed E-state index contributed by atoms with van der Waals surface area (Å²) in [6.45, 7) is -3.16. The number of ether oxygens (including phenoxy) is 10. The van der Waals surface area contributed by atoms with Crippen LogP contribution in [0.25, 0.3) is 0 Å². The lowest BCUT2D eigenvalue weighted by Crippen LogP contribution is -2.64. The maximum Gasteiger partial charge on any atom is 0.325 e. The molecule has 4 unspecified atom stereocenters. The molecule has 12 N–H and O–H groups in total. The third kappa shape index (κ3) is 27.1. The summed E-state index contributed by atoms with van der Waals surface area (Å²) in [7, 11) is -4.01. The number of aliphatic hydroxyl groups is 7. The minimum Gasteiger partial charge on any atom is -0.394 e. The minimum absolute atomic E-state index is 0.0179. The third-order valence-corrected chi connectivity index (χ3v) is 12.0. The maximum atomic E-state index is 12.6. The highest BCUT2D eigenvalue weighted by Gasteiger charge is 2.45. The molecule has 2 aliphatic heterocycles. The summed E-state index contributed by atoms with van der Waals surface area (Å²) in [6.07, 6.45) is -9.29. The molecule has 0 radical (unpaired) electrons. The van der Waals surface area contributed by atoms with E-state index >= 15 is 0 Å². The molecule has 14 atom stereocenters. The van der Waals surface area contributed by atoms with Gasteiger partial charge in [0.25, 0.3) is 0 Å². The lowest BCUT2D eigenvalue weighted by Gasteiger charge is -2.42. The van der Waals surface area contributed by atoms with Gasteiger partial charge in [-0.1, -0.05) is 6.92 Å². The van der Waals surface area contributed by atoms with Crippen molar-refractivity contribution < 1.29 is 125 Å². The molecule has 0 aromatic heterocycles. The summed E-state index contributed by atoms with van der Waals surface area (Å²) in [5, 5.41) is 76.2. The van der Waals surface area contributed by atoms with Gasteiger partial charge < -0.3 is 122 Å². The van der Waals surface area contributed by atoms with Crippen molar-refractivity contribution in [1.29, 1.82) is 0 Å². The van der Waals surface area contributed by atoms with Gasteiger partial charge in [-0.05, 0) is 11.8 Å². The molecule has 412 valence electrons. The lowest BCUT2D eigenvalue weighted by atomic mass is 9.92. The predicted octanol–water partition coefficient (Wildman–Crippen LogP) is -5.82. The summed E-state index contributed by atoms with van der Waals surface area (Å²) in [4.78, 5) is 56.6. The van der Waals surface area contributed by atoms with E-state index < -0.39 is 158 Å². The van der Waals surface area contributed by atoms with Crippen LogP contribution in [0.5, 0.6) is 0 Å². The van der Waals surface area contributed by atoms with Crippen molar-refractivity contribution in [2.75, 3.05) is 139 Å². The molecule has 70 heavy (non-hydrogen) atoms. The van der Waals surface area contributed by atoms with Crippen LogP contribution in [0, 0.1) is 5.92 Å². The second kappa shape index (κ2) is 35.6. The van der Waals surface area contributed by atoms with E-state index in [9.17, 15) is 64.5 Å². The Morgan fingerprint density at radius 1 is 0.600 bits per heavy atom. The van der Waals surface area contributed by atoms with Crippen LogP contribution >= 0.6 is 14.3 Å². The van der Waals surface area contributed by atoms with Crippen LogP contribution in [0.2, 0.25) is 0 Å². The fourth-order valence-corrected chi connectivity index (χ4v) is 7.76. The first-order chi connectivity index (χ1) is 33.2. The Kier molecular flexibility index (Phi) is 32.8. The van der Waals surface area contributed by atoms with Gasteiger partial charge in [0.2, 0.25) is 17.7 Å². The Morgan fingerprint density at radius 3 is 1.46 bits per heavy atom. The summed E-state index contributed by atoms with van der Waals surface area (Å²) >= 11 is 5.01. The Balaban J connectivity index is 1.57. The molecule has 0 bridgehead atoms.